The highest BCUT2D eigenvalue weighted by Gasteiger charge is 2.07. The first-order valence-corrected chi connectivity index (χ1v) is 7.75. The normalized spacial score (nSPS) is 11.4. The number of para-hydroxylation sites is 1. The van der Waals surface area contributed by atoms with Crippen LogP contribution < -0.4 is 20.1 Å². The number of aromatic nitrogens is 1. The van der Waals surface area contributed by atoms with Gasteiger partial charge < -0.3 is 20.1 Å². The van der Waals surface area contributed by atoms with Crippen LogP contribution in [0.1, 0.15) is 12.5 Å². The Morgan fingerprint density at radius 1 is 1.26 bits per heavy atom. The molecule has 0 spiro atoms. The van der Waals surface area contributed by atoms with Gasteiger partial charge in [0.05, 0.1) is 25.0 Å². The first-order valence-electron chi connectivity index (χ1n) is 7.34. The average molecular weight is 331 g/mol. The fourth-order valence-electron chi connectivity index (χ4n) is 1.94. The van der Waals surface area contributed by atoms with Crippen molar-refractivity contribution < 1.29 is 9.47 Å². The number of methoxy groups -OCH3 is 1. The third kappa shape index (κ3) is 5.41. The van der Waals surface area contributed by atoms with Gasteiger partial charge in [-0.25, -0.2) is 4.98 Å². The van der Waals surface area contributed by atoms with Crippen LogP contribution in [0.4, 0.5) is 5.69 Å². The van der Waals surface area contributed by atoms with E-state index in [1.807, 2.05) is 44.2 Å². The number of ether oxygens (including phenoxy) is 2. The highest BCUT2D eigenvalue weighted by Crippen LogP contribution is 2.16. The lowest BCUT2D eigenvalue weighted by atomic mass is 10.2. The third-order valence-electron chi connectivity index (χ3n) is 3.16. The lowest BCUT2D eigenvalue weighted by molar-refractivity contribution is 0.285. The van der Waals surface area contributed by atoms with E-state index in [0.717, 1.165) is 17.0 Å². The molecule has 1 atom stereocenters. The minimum absolute atomic E-state index is 0.0702. The Kier molecular flexibility index (Phi) is 6.17. The van der Waals surface area contributed by atoms with Crippen LogP contribution in [0, 0.1) is 6.92 Å². The average Bonchev–Trinajstić information content (AvgIpc) is 2.54. The maximum Gasteiger partial charge on any atom is 0.213 e. The molecule has 0 fully saturated rings. The second-order valence-electron chi connectivity index (χ2n) is 5.17. The Labute approximate surface area is 142 Å². The molecular weight excluding hydrogens is 310 g/mol. The molecule has 5 nitrogen and oxygen atoms in total. The predicted octanol–water partition coefficient (Wildman–Crippen LogP) is 3.15. The Morgan fingerprint density at radius 2 is 2.04 bits per heavy atom. The summed E-state index contributed by atoms with van der Waals surface area (Å²) in [4.78, 5) is 4.12. The van der Waals surface area contributed by atoms with Gasteiger partial charge in [0.15, 0.2) is 5.11 Å². The van der Waals surface area contributed by atoms with E-state index in [2.05, 4.69) is 15.6 Å². The smallest absolute Gasteiger partial charge is 0.213 e. The summed E-state index contributed by atoms with van der Waals surface area (Å²) in [7, 11) is 1.58. The molecule has 2 aromatic rings. The summed E-state index contributed by atoms with van der Waals surface area (Å²) in [6, 6.07) is 11.6. The summed E-state index contributed by atoms with van der Waals surface area (Å²) in [5, 5.41) is 6.79. The molecule has 122 valence electrons. The lowest BCUT2D eigenvalue weighted by Crippen LogP contribution is -2.39. The molecule has 1 aromatic carbocycles. The Bertz CT molecular complexity index is 647. The van der Waals surface area contributed by atoms with E-state index in [1.54, 1.807) is 19.4 Å². The molecule has 0 bridgehead atoms. The summed E-state index contributed by atoms with van der Waals surface area (Å²) in [6.07, 6.45) is 1.67. The third-order valence-corrected chi connectivity index (χ3v) is 3.38. The molecular formula is C17H21N3O2S. The Morgan fingerprint density at radius 3 is 2.70 bits per heavy atom. The van der Waals surface area contributed by atoms with Crippen molar-refractivity contribution in [1.29, 1.82) is 0 Å². The first-order chi connectivity index (χ1) is 11.1. The number of hydrogen-bond acceptors (Lipinski definition) is 4. The van der Waals surface area contributed by atoms with E-state index < -0.39 is 0 Å². The van der Waals surface area contributed by atoms with Gasteiger partial charge in [0.2, 0.25) is 5.88 Å². The second kappa shape index (κ2) is 8.33. The maximum atomic E-state index is 5.80. The van der Waals surface area contributed by atoms with E-state index in [-0.39, 0.29) is 6.04 Å². The molecule has 23 heavy (non-hydrogen) atoms. The van der Waals surface area contributed by atoms with Crippen LogP contribution in [-0.4, -0.2) is 29.9 Å². The molecule has 2 rings (SSSR count). The van der Waals surface area contributed by atoms with E-state index >= 15 is 0 Å². The van der Waals surface area contributed by atoms with Crippen LogP contribution >= 0.6 is 12.2 Å². The molecule has 0 radical (unpaired) electrons. The molecule has 0 aliphatic heterocycles. The van der Waals surface area contributed by atoms with E-state index in [1.165, 1.54) is 0 Å². The standard InChI is InChI=1S/C17H21N3O2S/c1-12-6-4-5-7-15(12)22-11-13(2)19-17(23)20-14-8-9-16(21-3)18-10-14/h4-10,13H,11H2,1-3H3,(H2,19,20,23)/t13-/m1/s1. The molecule has 0 unspecified atom stereocenters. The minimum Gasteiger partial charge on any atom is -0.491 e. The van der Waals surface area contributed by atoms with Gasteiger partial charge in [-0.05, 0) is 43.8 Å². The number of nitrogens with one attached hydrogen (secondary N) is 2. The molecule has 0 saturated carbocycles. The fourth-order valence-corrected chi connectivity index (χ4v) is 2.26. The number of aryl methyl sites for hydroxylation is 1. The molecule has 0 amide bonds. The number of thiocarbonyl (C=S) groups is 1. The zero-order valence-corrected chi connectivity index (χ0v) is 14.3. The van der Waals surface area contributed by atoms with Gasteiger partial charge in [-0.15, -0.1) is 0 Å². The molecule has 2 N–H and O–H groups in total. The van der Waals surface area contributed by atoms with Gasteiger partial charge in [-0.1, -0.05) is 18.2 Å². The highest BCUT2D eigenvalue weighted by molar-refractivity contribution is 7.80. The zero-order valence-electron chi connectivity index (χ0n) is 13.5. The Hall–Kier alpha value is -2.34. The number of anilines is 1. The lowest BCUT2D eigenvalue weighted by Gasteiger charge is -2.18. The van der Waals surface area contributed by atoms with Crippen molar-refractivity contribution in [2.45, 2.75) is 19.9 Å². The minimum atomic E-state index is 0.0702. The number of nitrogens with zero attached hydrogens (tertiary/aromatic N) is 1. The summed E-state index contributed by atoms with van der Waals surface area (Å²) >= 11 is 5.29. The number of pyridine rings is 1. The van der Waals surface area contributed by atoms with Crippen LogP contribution in [0.5, 0.6) is 11.6 Å². The van der Waals surface area contributed by atoms with Gasteiger partial charge >= 0.3 is 0 Å². The monoisotopic (exact) mass is 331 g/mol. The largest absolute Gasteiger partial charge is 0.491 e. The molecule has 0 aliphatic carbocycles. The van der Waals surface area contributed by atoms with E-state index in [9.17, 15) is 0 Å². The summed E-state index contributed by atoms with van der Waals surface area (Å²) in [5.74, 6) is 1.45. The van der Waals surface area contributed by atoms with Crippen LogP contribution in [-0.2, 0) is 0 Å². The first kappa shape index (κ1) is 17.0. The van der Waals surface area contributed by atoms with E-state index in [0.29, 0.717) is 17.6 Å². The molecule has 6 heteroatoms. The zero-order chi connectivity index (χ0) is 16.7. The van der Waals surface area contributed by atoms with E-state index in [4.69, 9.17) is 21.7 Å². The topological polar surface area (TPSA) is 55.4 Å². The number of hydrogen-bond donors (Lipinski definition) is 2. The van der Waals surface area contributed by atoms with Crippen molar-refractivity contribution in [2.24, 2.45) is 0 Å². The van der Waals surface area contributed by atoms with Crippen molar-refractivity contribution >= 4 is 23.0 Å². The SMILES string of the molecule is COc1ccc(NC(=S)N[C@H](C)COc2ccccc2C)cn1. The van der Waals surface area contributed by atoms with Gasteiger partial charge in [0, 0.05) is 6.07 Å². The predicted molar refractivity (Wildman–Crippen MR) is 96.3 cm³/mol. The van der Waals surface area contributed by atoms with Gasteiger partial charge in [0.25, 0.3) is 0 Å². The molecule has 0 aliphatic rings. The number of benzene rings is 1. The van der Waals surface area contributed by atoms with Crippen LogP contribution in [0.25, 0.3) is 0 Å². The molecule has 1 aromatic heterocycles. The van der Waals surface area contributed by atoms with Crippen molar-refractivity contribution in [1.82, 2.24) is 10.3 Å². The molecule has 1 heterocycles. The van der Waals surface area contributed by atoms with Crippen molar-refractivity contribution in [2.75, 3.05) is 19.0 Å². The van der Waals surface area contributed by atoms with Gasteiger partial charge in [-0.3, -0.25) is 0 Å². The van der Waals surface area contributed by atoms with Crippen LogP contribution in [0.2, 0.25) is 0 Å². The summed E-state index contributed by atoms with van der Waals surface area (Å²) in [6.45, 7) is 4.56. The van der Waals surface area contributed by atoms with Crippen molar-refractivity contribution in [3.63, 3.8) is 0 Å². The fraction of sp³-hybridized carbons (Fsp3) is 0.294. The van der Waals surface area contributed by atoms with Crippen molar-refractivity contribution in [3.8, 4) is 11.6 Å². The Balaban J connectivity index is 1.79. The quantitative estimate of drug-likeness (QED) is 0.793. The summed E-state index contributed by atoms with van der Waals surface area (Å²) in [5.41, 5.74) is 1.92. The number of rotatable bonds is 6. The summed E-state index contributed by atoms with van der Waals surface area (Å²) < 4.78 is 10.8. The van der Waals surface area contributed by atoms with Crippen molar-refractivity contribution in [3.05, 3.63) is 48.2 Å². The second-order valence-corrected chi connectivity index (χ2v) is 5.57. The highest BCUT2D eigenvalue weighted by atomic mass is 32.1. The molecule has 0 saturated heterocycles. The van der Waals surface area contributed by atoms with Crippen LogP contribution in [0.3, 0.4) is 0 Å². The van der Waals surface area contributed by atoms with Crippen LogP contribution in [0.15, 0.2) is 42.6 Å². The van der Waals surface area contributed by atoms with Gasteiger partial charge in [-0.2, -0.15) is 0 Å². The maximum absolute atomic E-state index is 5.80. The van der Waals surface area contributed by atoms with Gasteiger partial charge in [0.1, 0.15) is 12.4 Å².